The number of carbonyl (C=O) groups is 2. The molecule has 1 amide bonds. The summed E-state index contributed by atoms with van der Waals surface area (Å²) < 4.78 is 2.03. The van der Waals surface area contributed by atoms with E-state index in [0.717, 1.165) is 18.0 Å². The number of thioether (sulfide) groups is 1. The molecule has 0 bridgehead atoms. The first-order valence-corrected chi connectivity index (χ1v) is 8.41. The van der Waals surface area contributed by atoms with E-state index < -0.39 is 0 Å². The number of aromatic nitrogens is 3. The fourth-order valence-corrected chi connectivity index (χ4v) is 3.16. The molecule has 0 radical (unpaired) electrons. The highest BCUT2D eigenvalue weighted by Gasteiger charge is 2.28. The van der Waals surface area contributed by atoms with E-state index in [2.05, 4.69) is 15.5 Å². The van der Waals surface area contributed by atoms with Gasteiger partial charge in [0.15, 0.2) is 10.9 Å². The van der Waals surface area contributed by atoms with E-state index in [1.165, 1.54) is 18.7 Å². The van der Waals surface area contributed by atoms with Crippen molar-refractivity contribution in [2.45, 2.75) is 43.1 Å². The second-order valence-corrected chi connectivity index (χ2v) is 6.91. The Bertz CT molecular complexity index is 739. The standard InChI is InChI=1S/C16H18N4O2S/c1-10(21)13-5-3-4-6-14(13)18-15(22)11(2)23-16-19-17-9-20(16)12-7-8-12/h3-6,9,11-12H,7-8H2,1-2H3,(H,18,22)/t11-/m1/s1. The Kier molecular flexibility index (Phi) is 4.47. The molecule has 0 unspecified atom stereocenters. The SMILES string of the molecule is CC(=O)c1ccccc1NC(=O)[C@@H](C)Sc1nncn1C1CC1. The predicted molar refractivity (Wildman–Crippen MR) is 88.7 cm³/mol. The average Bonchev–Trinajstić information content (AvgIpc) is 3.27. The third-order valence-electron chi connectivity index (χ3n) is 3.70. The minimum Gasteiger partial charge on any atom is -0.324 e. The number of ketones is 1. The lowest BCUT2D eigenvalue weighted by molar-refractivity contribution is -0.115. The summed E-state index contributed by atoms with van der Waals surface area (Å²) >= 11 is 1.38. The summed E-state index contributed by atoms with van der Waals surface area (Å²) in [6.45, 7) is 3.31. The van der Waals surface area contributed by atoms with Crippen molar-refractivity contribution in [2.75, 3.05) is 5.32 Å². The molecule has 6 nitrogen and oxygen atoms in total. The van der Waals surface area contributed by atoms with Gasteiger partial charge in [-0.1, -0.05) is 23.9 Å². The zero-order valence-corrected chi connectivity index (χ0v) is 13.8. The summed E-state index contributed by atoms with van der Waals surface area (Å²) in [5.74, 6) is -0.233. The van der Waals surface area contributed by atoms with Crippen LogP contribution in [0.25, 0.3) is 0 Å². The van der Waals surface area contributed by atoms with Gasteiger partial charge in [-0.15, -0.1) is 10.2 Å². The number of nitrogens with one attached hydrogen (secondary N) is 1. The number of para-hydroxylation sites is 1. The Morgan fingerprint density at radius 3 is 2.78 bits per heavy atom. The summed E-state index contributed by atoms with van der Waals surface area (Å²) in [4.78, 5) is 24.0. The Labute approximate surface area is 138 Å². The first kappa shape index (κ1) is 15.7. The molecule has 0 spiro atoms. The van der Waals surface area contributed by atoms with Gasteiger partial charge in [-0.3, -0.25) is 9.59 Å². The molecule has 0 aliphatic heterocycles. The average molecular weight is 330 g/mol. The van der Waals surface area contributed by atoms with Crippen molar-refractivity contribution in [1.82, 2.24) is 14.8 Å². The smallest absolute Gasteiger partial charge is 0.237 e. The monoisotopic (exact) mass is 330 g/mol. The number of rotatable bonds is 6. The maximum absolute atomic E-state index is 12.4. The van der Waals surface area contributed by atoms with E-state index in [9.17, 15) is 9.59 Å². The van der Waals surface area contributed by atoms with Crippen molar-refractivity contribution in [2.24, 2.45) is 0 Å². The third-order valence-corrected chi connectivity index (χ3v) is 4.77. The van der Waals surface area contributed by atoms with Crippen LogP contribution in [0.4, 0.5) is 5.69 Å². The second-order valence-electron chi connectivity index (χ2n) is 5.60. The van der Waals surface area contributed by atoms with Gasteiger partial charge < -0.3 is 9.88 Å². The van der Waals surface area contributed by atoms with E-state index >= 15 is 0 Å². The molecule has 0 saturated heterocycles. The number of nitrogens with zero attached hydrogens (tertiary/aromatic N) is 3. The van der Waals surface area contributed by atoms with Crippen LogP contribution in [0, 0.1) is 0 Å². The van der Waals surface area contributed by atoms with Crippen LogP contribution in [0.5, 0.6) is 0 Å². The van der Waals surface area contributed by atoms with Crippen molar-refractivity contribution in [3.63, 3.8) is 0 Å². The van der Waals surface area contributed by atoms with Crippen molar-refractivity contribution in [1.29, 1.82) is 0 Å². The van der Waals surface area contributed by atoms with Crippen LogP contribution in [0.3, 0.4) is 0 Å². The fourth-order valence-electron chi connectivity index (χ4n) is 2.26. The summed E-state index contributed by atoms with van der Waals surface area (Å²) in [5.41, 5.74) is 1.06. The molecule has 7 heteroatoms. The molecular weight excluding hydrogens is 312 g/mol. The van der Waals surface area contributed by atoms with E-state index in [-0.39, 0.29) is 16.9 Å². The lowest BCUT2D eigenvalue weighted by atomic mass is 10.1. The Morgan fingerprint density at radius 2 is 2.09 bits per heavy atom. The maximum Gasteiger partial charge on any atom is 0.237 e. The lowest BCUT2D eigenvalue weighted by Crippen LogP contribution is -2.24. The van der Waals surface area contributed by atoms with Crippen LogP contribution < -0.4 is 5.32 Å². The molecule has 1 aromatic heterocycles. The molecule has 3 rings (SSSR count). The fraction of sp³-hybridized carbons (Fsp3) is 0.375. The highest BCUT2D eigenvalue weighted by atomic mass is 32.2. The number of benzene rings is 1. The van der Waals surface area contributed by atoms with Crippen molar-refractivity contribution in [3.8, 4) is 0 Å². The van der Waals surface area contributed by atoms with E-state index in [4.69, 9.17) is 0 Å². The van der Waals surface area contributed by atoms with Gasteiger partial charge in [-0.2, -0.15) is 0 Å². The van der Waals surface area contributed by atoms with Gasteiger partial charge in [0.25, 0.3) is 0 Å². The zero-order chi connectivity index (χ0) is 16.4. The summed E-state index contributed by atoms with van der Waals surface area (Å²) in [5, 5.41) is 11.3. The third kappa shape index (κ3) is 3.61. The summed E-state index contributed by atoms with van der Waals surface area (Å²) in [7, 11) is 0. The van der Waals surface area contributed by atoms with Gasteiger partial charge in [-0.05, 0) is 38.8 Å². The zero-order valence-electron chi connectivity index (χ0n) is 13.0. The number of anilines is 1. The van der Waals surface area contributed by atoms with Gasteiger partial charge in [0.2, 0.25) is 5.91 Å². The Hall–Kier alpha value is -2.15. The Morgan fingerprint density at radius 1 is 1.35 bits per heavy atom. The molecule has 1 aromatic carbocycles. The van der Waals surface area contributed by atoms with Gasteiger partial charge >= 0.3 is 0 Å². The predicted octanol–water partition coefficient (Wildman–Crippen LogP) is 2.93. The van der Waals surface area contributed by atoms with Crippen molar-refractivity contribution < 1.29 is 9.59 Å². The number of Topliss-reactive ketones (excluding diaryl/α,β-unsaturated/α-hetero) is 1. The van der Waals surface area contributed by atoms with Crippen LogP contribution in [-0.2, 0) is 4.79 Å². The number of hydrogen-bond acceptors (Lipinski definition) is 5. The molecule has 120 valence electrons. The van der Waals surface area contributed by atoms with Crippen LogP contribution in [0.15, 0.2) is 35.7 Å². The normalized spacial score (nSPS) is 15.2. The first-order valence-electron chi connectivity index (χ1n) is 7.53. The van der Waals surface area contributed by atoms with E-state index in [0.29, 0.717) is 17.3 Å². The Balaban J connectivity index is 1.68. The molecule has 1 fully saturated rings. The van der Waals surface area contributed by atoms with Crippen LogP contribution in [0.2, 0.25) is 0 Å². The topological polar surface area (TPSA) is 76.9 Å². The van der Waals surface area contributed by atoms with Crippen molar-refractivity contribution >= 4 is 29.1 Å². The number of amides is 1. The molecule has 1 aliphatic carbocycles. The molecular formula is C16H18N4O2S. The van der Waals surface area contributed by atoms with Crippen molar-refractivity contribution in [3.05, 3.63) is 36.2 Å². The highest BCUT2D eigenvalue weighted by molar-refractivity contribution is 8.00. The molecule has 1 heterocycles. The molecule has 1 N–H and O–H groups in total. The van der Waals surface area contributed by atoms with Crippen LogP contribution in [0.1, 0.15) is 43.1 Å². The lowest BCUT2D eigenvalue weighted by Gasteiger charge is -2.13. The minimum atomic E-state index is -0.336. The molecule has 1 aliphatic rings. The van der Waals surface area contributed by atoms with Gasteiger partial charge in [0.1, 0.15) is 6.33 Å². The van der Waals surface area contributed by atoms with Gasteiger partial charge in [0, 0.05) is 11.6 Å². The first-order chi connectivity index (χ1) is 11.1. The summed E-state index contributed by atoms with van der Waals surface area (Å²) in [6.07, 6.45) is 3.99. The highest BCUT2D eigenvalue weighted by Crippen LogP contribution is 2.38. The largest absolute Gasteiger partial charge is 0.324 e. The maximum atomic E-state index is 12.4. The van der Waals surface area contributed by atoms with Gasteiger partial charge in [0.05, 0.1) is 10.9 Å². The van der Waals surface area contributed by atoms with Crippen LogP contribution >= 0.6 is 11.8 Å². The number of hydrogen-bond donors (Lipinski definition) is 1. The molecule has 1 atom stereocenters. The number of carbonyl (C=O) groups excluding carboxylic acids is 2. The van der Waals surface area contributed by atoms with Gasteiger partial charge in [-0.25, -0.2) is 0 Å². The molecule has 23 heavy (non-hydrogen) atoms. The van der Waals surface area contributed by atoms with E-state index in [1.54, 1.807) is 30.6 Å². The van der Waals surface area contributed by atoms with Crippen LogP contribution in [-0.4, -0.2) is 31.7 Å². The second kappa shape index (κ2) is 6.54. The van der Waals surface area contributed by atoms with E-state index in [1.807, 2.05) is 11.5 Å². The minimum absolute atomic E-state index is 0.0744. The molecule has 2 aromatic rings. The summed E-state index contributed by atoms with van der Waals surface area (Å²) in [6, 6.07) is 7.49. The molecule has 1 saturated carbocycles. The quantitative estimate of drug-likeness (QED) is 0.651.